The zero-order chi connectivity index (χ0) is 24.8. The minimum Gasteiger partial charge on any atom is -0.489 e. The van der Waals surface area contributed by atoms with Gasteiger partial charge >= 0.3 is 5.97 Å². The molecule has 10 heteroatoms. The number of hydrogen-bond acceptors (Lipinski definition) is 6. The third kappa shape index (κ3) is 6.86. The highest BCUT2D eigenvalue weighted by Crippen LogP contribution is 2.26. The van der Waals surface area contributed by atoms with Crippen LogP contribution < -0.4 is 10.1 Å². The number of likely N-dealkylation sites (tertiary alicyclic amines) is 1. The van der Waals surface area contributed by atoms with Crippen LogP contribution in [0, 0.1) is 0 Å². The largest absolute Gasteiger partial charge is 0.489 e. The number of halogens is 2. The molecule has 2 fully saturated rings. The normalized spacial score (nSPS) is 21.1. The van der Waals surface area contributed by atoms with Crippen LogP contribution in [-0.4, -0.2) is 66.6 Å². The SMILES string of the molecule is O=C(O)[C@H](Cc1ccc(OCc2c(Cl)cccc2Cl)cc1)NC(=O)[C@@H]1OCO[C@H]1CN1CCCC1. The molecule has 4 rings (SSSR count). The third-order valence-corrected chi connectivity index (χ3v) is 6.89. The number of amides is 1. The first kappa shape index (κ1) is 25.7. The molecule has 1 amide bonds. The van der Waals surface area contributed by atoms with E-state index in [1.54, 1.807) is 42.5 Å². The highest BCUT2D eigenvalue weighted by atomic mass is 35.5. The van der Waals surface area contributed by atoms with E-state index in [4.69, 9.17) is 37.4 Å². The van der Waals surface area contributed by atoms with Crippen molar-refractivity contribution in [2.24, 2.45) is 0 Å². The summed E-state index contributed by atoms with van der Waals surface area (Å²) in [6.07, 6.45) is 1.13. The average molecular weight is 523 g/mol. The highest BCUT2D eigenvalue weighted by molar-refractivity contribution is 6.35. The number of rotatable bonds is 10. The molecule has 2 saturated heterocycles. The Bertz CT molecular complexity index is 1010. The second-order valence-electron chi connectivity index (χ2n) is 8.65. The van der Waals surface area contributed by atoms with Gasteiger partial charge < -0.3 is 29.5 Å². The van der Waals surface area contributed by atoms with Gasteiger partial charge in [-0.15, -0.1) is 0 Å². The third-order valence-electron chi connectivity index (χ3n) is 6.19. The number of carboxylic acids is 1. The average Bonchev–Trinajstić information content (AvgIpc) is 3.52. The number of aliphatic carboxylic acids is 1. The zero-order valence-electron chi connectivity index (χ0n) is 19.1. The summed E-state index contributed by atoms with van der Waals surface area (Å²) in [4.78, 5) is 26.9. The van der Waals surface area contributed by atoms with Gasteiger partial charge in [0.2, 0.25) is 0 Å². The van der Waals surface area contributed by atoms with E-state index < -0.39 is 30.1 Å². The van der Waals surface area contributed by atoms with Crippen molar-refractivity contribution in [3.8, 4) is 5.75 Å². The number of carboxylic acid groups (broad SMARTS) is 1. The van der Waals surface area contributed by atoms with Crippen molar-refractivity contribution >= 4 is 35.1 Å². The smallest absolute Gasteiger partial charge is 0.326 e. The van der Waals surface area contributed by atoms with E-state index in [-0.39, 0.29) is 19.8 Å². The van der Waals surface area contributed by atoms with Crippen LogP contribution in [-0.2, 0) is 32.1 Å². The van der Waals surface area contributed by atoms with E-state index in [1.165, 1.54) is 0 Å². The lowest BCUT2D eigenvalue weighted by Gasteiger charge is -2.23. The first-order valence-corrected chi connectivity index (χ1v) is 12.3. The molecule has 3 atom stereocenters. The molecule has 0 saturated carbocycles. The van der Waals surface area contributed by atoms with Crippen molar-refractivity contribution in [2.45, 2.75) is 44.1 Å². The van der Waals surface area contributed by atoms with Gasteiger partial charge in [-0.3, -0.25) is 4.79 Å². The van der Waals surface area contributed by atoms with Crippen LogP contribution in [0.3, 0.4) is 0 Å². The predicted octanol–water partition coefficient (Wildman–Crippen LogP) is 3.52. The predicted molar refractivity (Wildman–Crippen MR) is 131 cm³/mol. The maximum atomic E-state index is 12.8. The fourth-order valence-electron chi connectivity index (χ4n) is 4.24. The molecule has 188 valence electrons. The number of nitrogens with one attached hydrogen (secondary N) is 1. The second-order valence-corrected chi connectivity index (χ2v) is 9.47. The van der Waals surface area contributed by atoms with Crippen molar-refractivity contribution < 1.29 is 28.9 Å². The summed E-state index contributed by atoms with van der Waals surface area (Å²) >= 11 is 12.3. The number of ether oxygens (including phenoxy) is 3. The Kier molecular flexibility index (Phi) is 8.86. The van der Waals surface area contributed by atoms with Crippen molar-refractivity contribution in [2.75, 3.05) is 26.4 Å². The van der Waals surface area contributed by atoms with Crippen molar-refractivity contribution in [3.05, 3.63) is 63.6 Å². The summed E-state index contributed by atoms with van der Waals surface area (Å²) in [7, 11) is 0. The molecule has 2 N–H and O–H groups in total. The fourth-order valence-corrected chi connectivity index (χ4v) is 4.75. The Morgan fingerprint density at radius 1 is 1.09 bits per heavy atom. The Morgan fingerprint density at radius 2 is 1.77 bits per heavy atom. The summed E-state index contributed by atoms with van der Waals surface area (Å²) in [5.74, 6) is -1.01. The van der Waals surface area contributed by atoms with E-state index in [2.05, 4.69) is 10.2 Å². The van der Waals surface area contributed by atoms with E-state index in [1.807, 2.05) is 0 Å². The van der Waals surface area contributed by atoms with Gasteiger partial charge in [-0.2, -0.15) is 0 Å². The molecule has 0 aromatic heterocycles. The molecule has 0 spiro atoms. The minimum absolute atomic E-state index is 0.0230. The maximum absolute atomic E-state index is 12.8. The molecule has 0 radical (unpaired) electrons. The monoisotopic (exact) mass is 522 g/mol. The quantitative estimate of drug-likeness (QED) is 0.492. The molecule has 0 bridgehead atoms. The Morgan fingerprint density at radius 3 is 2.43 bits per heavy atom. The Hall–Kier alpha value is -2.36. The first-order valence-electron chi connectivity index (χ1n) is 11.5. The van der Waals surface area contributed by atoms with E-state index >= 15 is 0 Å². The van der Waals surface area contributed by atoms with Crippen LogP contribution in [0.1, 0.15) is 24.0 Å². The lowest BCUT2D eigenvalue weighted by Crippen LogP contribution is -2.51. The van der Waals surface area contributed by atoms with E-state index in [0.29, 0.717) is 27.9 Å². The number of carbonyl (C=O) groups excluding carboxylic acids is 1. The molecular weight excluding hydrogens is 495 g/mol. The lowest BCUT2D eigenvalue weighted by atomic mass is 10.0. The molecule has 0 unspecified atom stereocenters. The molecule has 0 aliphatic carbocycles. The fraction of sp³-hybridized carbons (Fsp3) is 0.440. The van der Waals surface area contributed by atoms with Crippen LogP contribution in [0.5, 0.6) is 5.75 Å². The van der Waals surface area contributed by atoms with Gasteiger partial charge in [0.1, 0.15) is 31.3 Å². The summed E-state index contributed by atoms with van der Waals surface area (Å²) < 4.78 is 16.8. The van der Waals surface area contributed by atoms with Crippen LogP contribution in [0.4, 0.5) is 0 Å². The molecule has 35 heavy (non-hydrogen) atoms. The number of nitrogens with zero attached hydrogens (tertiary/aromatic N) is 1. The molecule has 2 aliphatic heterocycles. The van der Waals surface area contributed by atoms with Gasteiger partial charge in [0.25, 0.3) is 5.91 Å². The van der Waals surface area contributed by atoms with Gasteiger partial charge in [0.15, 0.2) is 6.10 Å². The van der Waals surface area contributed by atoms with Crippen LogP contribution >= 0.6 is 23.2 Å². The number of hydrogen-bond donors (Lipinski definition) is 2. The Balaban J connectivity index is 1.32. The summed E-state index contributed by atoms with van der Waals surface area (Å²) in [6.45, 7) is 2.76. The summed E-state index contributed by atoms with van der Waals surface area (Å²) in [5.41, 5.74) is 1.42. The van der Waals surface area contributed by atoms with Gasteiger partial charge in [-0.25, -0.2) is 4.79 Å². The van der Waals surface area contributed by atoms with E-state index in [9.17, 15) is 14.7 Å². The van der Waals surface area contributed by atoms with Crippen LogP contribution in [0.25, 0.3) is 0 Å². The molecular formula is C25H28Cl2N2O6. The van der Waals surface area contributed by atoms with Crippen LogP contribution in [0.2, 0.25) is 10.0 Å². The standard InChI is InChI=1S/C25H28Cl2N2O6/c26-19-4-3-5-20(27)18(19)14-33-17-8-6-16(7-9-17)12-21(25(31)32)28-24(30)23-22(34-15-35-23)13-29-10-1-2-11-29/h3-9,21-23H,1-2,10-15H2,(H,28,30)(H,31,32)/t21-,22-,23+/m0/s1. The van der Waals surface area contributed by atoms with Crippen molar-refractivity contribution in [1.29, 1.82) is 0 Å². The van der Waals surface area contributed by atoms with Gasteiger partial charge in [-0.1, -0.05) is 41.4 Å². The van der Waals surface area contributed by atoms with Crippen LogP contribution in [0.15, 0.2) is 42.5 Å². The molecule has 2 heterocycles. The summed E-state index contributed by atoms with van der Waals surface area (Å²) in [5, 5.41) is 13.4. The van der Waals surface area contributed by atoms with Gasteiger partial charge in [-0.05, 0) is 55.8 Å². The van der Waals surface area contributed by atoms with Gasteiger partial charge in [0.05, 0.1) is 0 Å². The molecule has 2 aromatic rings. The van der Waals surface area contributed by atoms with Crippen molar-refractivity contribution in [3.63, 3.8) is 0 Å². The minimum atomic E-state index is -1.12. The lowest BCUT2D eigenvalue weighted by molar-refractivity contribution is -0.143. The molecule has 8 nitrogen and oxygen atoms in total. The maximum Gasteiger partial charge on any atom is 0.326 e. The number of carbonyl (C=O) groups is 2. The molecule has 2 aromatic carbocycles. The van der Waals surface area contributed by atoms with E-state index in [0.717, 1.165) is 31.5 Å². The first-order chi connectivity index (χ1) is 16.9. The zero-order valence-corrected chi connectivity index (χ0v) is 20.6. The highest BCUT2D eigenvalue weighted by Gasteiger charge is 2.38. The van der Waals surface area contributed by atoms with Crippen molar-refractivity contribution in [1.82, 2.24) is 10.2 Å². The van der Waals surface area contributed by atoms with Gasteiger partial charge in [0, 0.05) is 28.6 Å². The Labute approximate surface area is 214 Å². The summed E-state index contributed by atoms with van der Waals surface area (Å²) in [6, 6.07) is 11.1. The second kappa shape index (κ2) is 12.1. The number of benzene rings is 2. The topological polar surface area (TPSA) is 97.3 Å². The molecule has 2 aliphatic rings.